The Balaban J connectivity index is 1.43. The van der Waals surface area contributed by atoms with E-state index in [2.05, 4.69) is 10.1 Å². The Morgan fingerprint density at radius 1 is 1.19 bits per heavy atom. The molecular formula is C22H24N3O6P. The van der Waals surface area contributed by atoms with Crippen LogP contribution in [0.2, 0.25) is 0 Å². The maximum Gasteiger partial charge on any atom is 0.459 e. The largest absolute Gasteiger partial charge is 0.468 e. The molecule has 0 saturated carbocycles. The Morgan fingerprint density at radius 2 is 1.94 bits per heavy atom. The first-order chi connectivity index (χ1) is 15.5. The first-order valence-electron chi connectivity index (χ1n) is 10.1. The number of benzene rings is 2. The second kappa shape index (κ2) is 9.67. The van der Waals surface area contributed by atoms with E-state index < -0.39 is 25.9 Å². The molecule has 1 aliphatic rings. The maximum absolute atomic E-state index is 13.4. The summed E-state index contributed by atoms with van der Waals surface area (Å²) in [6.07, 6.45) is 4.59. The molecule has 0 amide bonds. The van der Waals surface area contributed by atoms with Crippen LogP contribution in [-0.4, -0.2) is 41.4 Å². The summed E-state index contributed by atoms with van der Waals surface area (Å²) in [6.45, 7) is 1.47. The number of nitrogens with one attached hydrogen (secondary N) is 1. The number of nitrogens with zero attached hydrogens (tertiary/aromatic N) is 2. The summed E-state index contributed by atoms with van der Waals surface area (Å²) in [6, 6.07) is 15.4. The van der Waals surface area contributed by atoms with Crippen molar-refractivity contribution in [3.05, 3.63) is 73.1 Å². The monoisotopic (exact) mass is 457 g/mol. The van der Waals surface area contributed by atoms with Crippen molar-refractivity contribution >= 4 is 24.7 Å². The minimum Gasteiger partial charge on any atom is -0.468 e. The molecule has 0 saturated heterocycles. The normalized spacial score (nSPS) is 20.7. The molecule has 1 aliphatic heterocycles. The Labute approximate surface area is 185 Å². The minimum absolute atomic E-state index is 0.0510. The molecule has 10 heteroatoms. The Kier molecular flexibility index (Phi) is 6.72. The van der Waals surface area contributed by atoms with Gasteiger partial charge in [0.05, 0.1) is 31.1 Å². The van der Waals surface area contributed by atoms with Crippen LogP contribution in [-0.2, 0) is 23.4 Å². The number of carbonyl (C=O) groups excluding carboxylic acids is 1. The van der Waals surface area contributed by atoms with Crippen molar-refractivity contribution < 1.29 is 27.9 Å². The van der Waals surface area contributed by atoms with Crippen molar-refractivity contribution in [1.82, 2.24) is 14.6 Å². The van der Waals surface area contributed by atoms with E-state index in [1.165, 1.54) is 14.0 Å². The zero-order valence-electron chi connectivity index (χ0n) is 17.7. The predicted octanol–water partition coefficient (Wildman–Crippen LogP) is 3.84. The highest BCUT2D eigenvalue weighted by Crippen LogP contribution is 2.45. The van der Waals surface area contributed by atoms with Gasteiger partial charge in [-0.2, -0.15) is 5.09 Å². The molecule has 2 heterocycles. The molecule has 168 valence electrons. The molecule has 9 nitrogen and oxygen atoms in total. The van der Waals surface area contributed by atoms with Gasteiger partial charge in [0.15, 0.2) is 6.23 Å². The van der Waals surface area contributed by atoms with Gasteiger partial charge in [-0.25, -0.2) is 9.55 Å². The van der Waals surface area contributed by atoms with Crippen molar-refractivity contribution in [1.29, 1.82) is 0 Å². The SMILES string of the molecule is COC(=O)C(C)NP(=O)(OC[C@@H]1C=C[C@H](n2cnc3ccccc32)O1)Oc1ccccc1. The zero-order valence-corrected chi connectivity index (χ0v) is 18.6. The molecule has 1 aromatic heterocycles. The highest BCUT2D eigenvalue weighted by molar-refractivity contribution is 7.52. The second-order valence-corrected chi connectivity index (χ2v) is 8.86. The van der Waals surface area contributed by atoms with Crippen molar-refractivity contribution in [3.63, 3.8) is 0 Å². The van der Waals surface area contributed by atoms with E-state index >= 15 is 0 Å². The lowest BCUT2D eigenvalue weighted by Gasteiger charge is -2.24. The third-order valence-electron chi connectivity index (χ3n) is 4.84. The second-order valence-electron chi connectivity index (χ2n) is 7.16. The van der Waals surface area contributed by atoms with Gasteiger partial charge in [0.25, 0.3) is 0 Å². The van der Waals surface area contributed by atoms with Gasteiger partial charge in [-0.15, -0.1) is 0 Å². The Bertz CT molecular complexity index is 1150. The van der Waals surface area contributed by atoms with Gasteiger partial charge in [-0.1, -0.05) is 36.4 Å². The summed E-state index contributed by atoms with van der Waals surface area (Å²) in [5.74, 6) is -0.249. The lowest BCUT2D eigenvalue weighted by atomic mass is 10.3. The number of aromatic nitrogens is 2. The van der Waals surface area contributed by atoms with Crippen molar-refractivity contribution in [2.75, 3.05) is 13.7 Å². The predicted molar refractivity (Wildman–Crippen MR) is 118 cm³/mol. The lowest BCUT2D eigenvalue weighted by molar-refractivity contribution is -0.142. The summed E-state index contributed by atoms with van der Waals surface area (Å²) in [5.41, 5.74) is 1.81. The molecule has 1 N–H and O–H groups in total. The van der Waals surface area contributed by atoms with Crippen LogP contribution in [0, 0.1) is 0 Å². The van der Waals surface area contributed by atoms with E-state index in [0.717, 1.165) is 11.0 Å². The molecule has 4 atom stereocenters. The van der Waals surface area contributed by atoms with E-state index in [1.54, 1.807) is 36.7 Å². The fourth-order valence-corrected chi connectivity index (χ4v) is 4.77. The number of ether oxygens (including phenoxy) is 2. The third kappa shape index (κ3) is 5.08. The van der Waals surface area contributed by atoms with Gasteiger partial charge in [0.2, 0.25) is 0 Å². The highest BCUT2D eigenvalue weighted by atomic mass is 31.2. The number of hydrogen-bond donors (Lipinski definition) is 1. The number of imidazole rings is 1. The average molecular weight is 457 g/mol. The summed E-state index contributed by atoms with van der Waals surface area (Å²) in [7, 11) is -2.67. The van der Waals surface area contributed by atoms with E-state index in [4.69, 9.17) is 18.5 Å². The van der Waals surface area contributed by atoms with Gasteiger partial charge in [-0.05, 0) is 37.3 Å². The lowest BCUT2D eigenvalue weighted by Crippen LogP contribution is -2.35. The summed E-state index contributed by atoms with van der Waals surface area (Å²) in [4.78, 5) is 16.2. The van der Waals surface area contributed by atoms with Gasteiger partial charge in [-0.3, -0.25) is 9.32 Å². The average Bonchev–Trinajstić information content (AvgIpc) is 3.44. The molecular weight excluding hydrogens is 433 g/mol. The molecule has 32 heavy (non-hydrogen) atoms. The number of esters is 1. The zero-order chi connectivity index (χ0) is 22.6. The summed E-state index contributed by atoms with van der Waals surface area (Å²) < 4.78 is 37.3. The first-order valence-corrected chi connectivity index (χ1v) is 11.6. The van der Waals surface area contributed by atoms with Crippen LogP contribution in [0.3, 0.4) is 0 Å². The van der Waals surface area contributed by atoms with Crippen molar-refractivity contribution in [2.45, 2.75) is 25.3 Å². The molecule has 3 aromatic rings. The van der Waals surface area contributed by atoms with E-state index in [0.29, 0.717) is 5.75 Å². The fraction of sp³-hybridized carbons (Fsp3) is 0.273. The topological polar surface area (TPSA) is 101 Å². The smallest absolute Gasteiger partial charge is 0.459 e. The number of hydrogen-bond acceptors (Lipinski definition) is 7. The van der Waals surface area contributed by atoms with Crippen LogP contribution in [0.15, 0.2) is 73.1 Å². The summed E-state index contributed by atoms with van der Waals surface area (Å²) in [5, 5.41) is 2.62. The molecule has 0 spiro atoms. The van der Waals surface area contributed by atoms with Gasteiger partial charge < -0.3 is 18.6 Å². The van der Waals surface area contributed by atoms with Crippen LogP contribution in [0.4, 0.5) is 0 Å². The van der Waals surface area contributed by atoms with E-state index in [1.807, 2.05) is 41.0 Å². The molecule has 2 aromatic carbocycles. The van der Waals surface area contributed by atoms with Crippen molar-refractivity contribution in [2.24, 2.45) is 0 Å². The number of fused-ring (bicyclic) bond motifs is 1. The standard InChI is InChI=1S/C22H24N3O6P/c1-16(22(26)28-2)24-32(27,31-17-8-4-3-5-9-17)29-14-18-12-13-21(30-18)25-15-23-19-10-6-7-11-20(19)25/h3-13,15-16,18,21H,14H2,1-2H3,(H,24,27)/t16?,18-,21+,32?/m0/s1. The van der Waals surface area contributed by atoms with Crippen LogP contribution in [0.25, 0.3) is 11.0 Å². The quantitative estimate of drug-likeness (QED) is 0.294. The van der Waals surface area contributed by atoms with Crippen LogP contribution in [0.5, 0.6) is 5.75 Å². The van der Waals surface area contributed by atoms with Crippen molar-refractivity contribution in [3.8, 4) is 5.75 Å². The maximum atomic E-state index is 13.4. The first kappa shape index (κ1) is 22.2. The number of para-hydroxylation sites is 3. The molecule has 2 unspecified atom stereocenters. The van der Waals surface area contributed by atoms with Crippen LogP contribution in [0.1, 0.15) is 13.2 Å². The van der Waals surface area contributed by atoms with Crippen LogP contribution < -0.4 is 9.61 Å². The number of methoxy groups -OCH3 is 1. The van der Waals surface area contributed by atoms with Gasteiger partial charge >= 0.3 is 13.7 Å². The van der Waals surface area contributed by atoms with E-state index in [-0.39, 0.29) is 12.8 Å². The Hall–Kier alpha value is -2.97. The summed E-state index contributed by atoms with van der Waals surface area (Å²) >= 11 is 0. The molecule has 4 rings (SSSR count). The minimum atomic E-state index is -3.92. The number of rotatable bonds is 9. The van der Waals surface area contributed by atoms with Gasteiger partial charge in [0, 0.05) is 0 Å². The Morgan fingerprint density at radius 3 is 2.72 bits per heavy atom. The number of carbonyl (C=O) groups is 1. The third-order valence-corrected chi connectivity index (χ3v) is 6.49. The molecule has 0 bridgehead atoms. The fourth-order valence-electron chi connectivity index (χ4n) is 3.27. The van der Waals surface area contributed by atoms with E-state index in [9.17, 15) is 9.36 Å². The van der Waals surface area contributed by atoms with Gasteiger partial charge in [0.1, 0.15) is 17.9 Å². The molecule has 0 aliphatic carbocycles. The van der Waals surface area contributed by atoms with Crippen LogP contribution >= 0.6 is 7.75 Å². The molecule has 0 radical (unpaired) electrons. The molecule has 0 fully saturated rings. The highest BCUT2D eigenvalue weighted by Gasteiger charge is 2.34.